The third-order valence-corrected chi connectivity index (χ3v) is 6.80. The Kier molecular flexibility index (Phi) is 4.86. The Labute approximate surface area is 160 Å². The second-order valence-corrected chi connectivity index (χ2v) is 8.05. The fraction of sp³-hybridized carbons (Fsp3) is 0.100. The zero-order valence-corrected chi connectivity index (χ0v) is 16.2. The number of hydrogen-bond donors (Lipinski definition) is 0. The van der Waals surface area contributed by atoms with E-state index in [1.54, 1.807) is 34.0 Å². The minimum atomic E-state index is 1.13. The number of hydrogen-bond acceptors (Lipinski definition) is 4. The molecule has 0 aliphatic heterocycles. The molecule has 0 radical (unpaired) electrons. The van der Waals surface area contributed by atoms with Gasteiger partial charge >= 0.3 is 0 Å². The van der Waals surface area contributed by atoms with Crippen molar-refractivity contribution < 1.29 is 0 Å². The van der Waals surface area contributed by atoms with E-state index in [0.29, 0.717) is 0 Å². The lowest BCUT2D eigenvalue weighted by Gasteiger charge is -2.09. The van der Waals surface area contributed by atoms with E-state index in [1.165, 1.54) is 21.4 Å². The number of nitrogens with zero attached hydrogens (tertiary/aromatic N) is 4. The molecule has 130 valence electrons. The van der Waals surface area contributed by atoms with E-state index in [-0.39, 0.29) is 0 Å². The molecule has 0 aromatic carbocycles. The van der Waals surface area contributed by atoms with Crippen LogP contribution in [0.15, 0.2) is 83.4 Å². The second-order valence-electron chi connectivity index (χ2n) is 5.88. The highest BCUT2D eigenvalue weighted by atomic mass is 33.1. The lowest BCUT2D eigenvalue weighted by atomic mass is 10.2. The fourth-order valence-corrected chi connectivity index (χ4v) is 5.20. The number of rotatable bonds is 5. The van der Waals surface area contributed by atoms with E-state index in [9.17, 15) is 0 Å². The van der Waals surface area contributed by atoms with Crippen molar-refractivity contribution in [3.8, 4) is 22.5 Å². The Morgan fingerprint density at radius 3 is 1.50 bits per heavy atom. The molecule has 4 rings (SSSR count). The molecule has 4 nitrogen and oxygen atoms in total. The van der Waals surface area contributed by atoms with Gasteiger partial charge in [0, 0.05) is 50.0 Å². The molecule has 0 fully saturated rings. The van der Waals surface area contributed by atoms with E-state index < -0.39 is 0 Å². The molecule has 0 unspecified atom stereocenters. The minimum Gasteiger partial charge on any atom is -0.338 e. The first kappa shape index (κ1) is 17.0. The lowest BCUT2D eigenvalue weighted by molar-refractivity contribution is 0.836. The molecule has 0 amide bonds. The third-order valence-electron chi connectivity index (χ3n) is 4.28. The van der Waals surface area contributed by atoms with Crippen molar-refractivity contribution in [1.29, 1.82) is 0 Å². The SMILES string of the molecule is Cn1c(SSc2ccc(-c3cccnc3)n2C)ccc1-c1cccnc1. The highest BCUT2D eigenvalue weighted by molar-refractivity contribution is 8.76. The average Bonchev–Trinajstić information content (AvgIpc) is 3.24. The Hall–Kier alpha value is -2.44. The Balaban J connectivity index is 1.52. The molecular formula is C20H18N4S2. The van der Waals surface area contributed by atoms with Gasteiger partial charge in [-0.15, -0.1) is 0 Å². The summed E-state index contributed by atoms with van der Waals surface area (Å²) in [6.07, 6.45) is 7.39. The van der Waals surface area contributed by atoms with Gasteiger partial charge in [-0.1, -0.05) is 0 Å². The van der Waals surface area contributed by atoms with Crippen LogP contribution in [0.1, 0.15) is 0 Å². The number of aromatic nitrogens is 4. The van der Waals surface area contributed by atoms with Gasteiger partial charge < -0.3 is 9.13 Å². The zero-order valence-electron chi connectivity index (χ0n) is 14.5. The predicted molar refractivity (Wildman–Crippen MR) is 109 cm³/mol. The molecule has 0 bridgehead atoms. The van der Waals surface area contributed by atoms with Gasteiger partial charge in [-0.05, 0) is 70.1 Å². The average molecular weight is 379 g/mol. The molecule has 0 aliphatic carbocycles. The molecule has 4 aromatic heterocycles. The molecule has 0 spiro atoms. The van der Waals surface area contributed by atoms with E-state index >= 15 is 0 Å². The third kappa shape index (κ3) is 3.30. The summed E-state index contributed by atoms with van der Waals surface area (Å²) in [5.74, 6) is 0. The summed E-state index contributed by atoms with van der Waals surface area (Å²) in [6.45, 7) is 0. The van der Waals surface area contributed by atoms with Gasteiger partial charge in [0.05, 0.1) is 21.4 Å². The summed E-state index contributed by atoms with van der Waals surface area (Å²) in [4.78, 5) is 8.43. The fourth-order valence-electron chi connectivity index (χ4n) is 2.85. The molecule has 0 saturated carbocycles. The van der Waals surface area contributed by atoms with Crippen LogP contribution in [-0.4, -0.2) is 19.1 Å². The smallest absolute Gasteiger partial charge is 0.0862 e. The van der Waals surface area contributed by atoms with Crippen molar-refractivity contribution >= 4 is 21.6 Å². The Bertz CT molecular complexity index is 923. The minimum absolute atomic E-state index is 1.13. The van der Waals surface area contributed by atoms with Crippen LogP contribution >= 0.6 is 21.6 Å². The highest BCUT2D eigenvalue weighted by Gasteiger charge is 2.11. The largest absolute Gasteiger partial charge is 0.338 e. The summed E-state index contributed by atoms with van der Waals surface area (Å²) in [6, 6.07) is 16.7. The topological polar surface area (TPSA) is 35.6 Å². The molecule has 0 N–H and O–H groups in total. The molecule has 6 heteroatoms. The quantitative estimate of drug-likeness (QED) is 0.442. The maximum Gasteiger partial charge on any atom is 0.0862 e. The Morgan fingerprint density at radius 2 is 1.12 bits per heavy atom. The van der Waals surface area contributed by atoms with Crippen LogP contribution in [0.2, 0.25) is 0 Å². The van der Waals surface area contributed by atoms with Crippen LogP contribution in [0.5, 0.6) is 0 Å². The molecule has 0 atom stereocenters. The van der Waals surface area contributed by atoms with Crippen molar-refractivity contribution in [2.24, 2.45) is 14.1 Å². The normalized spacial score (nSPS) is 11.0. The summed E-state index contributed by atoms with van der Waals surface area (Å²) in [7, 11) is 7.71. The highest BCUT2D eigenvalue weighted by Crippen LogP contribution is 2.40. The standard InChI is InChI=1S/C20H18N4S2/c1-23-17(15-5-3-11-21-13-15)7-9-19(23)25-26-20-10-8-18(24(20)2)16-6-4-12-22-14-16/h3-14H,1-2H3. The van der Waals surface area contributed by atoms with Crippen LogP contribution in [0.3, 0.4) is 0 Å². The van der Waals surface area contributed by atoms with Gasteiger partial charge in [-0.3, -0.25) is 9.97 Å². The van der Waals surface area contributed by atoms with Gasteiger partial charge in [0.25, 0.3) is 0 Å². The van der Waals surface area contributed by atoms with Crippen molar-refractivity contribution in [1.82, 2.24) is 19.1 Å². The van der Waals surface area contributed by atoms with Crippen LogP contribution in [0.4, 0.5) is 0 Å². The summed E-state index contributed by atoms with van der Waals surface area (Å²) >= 11 is 0. The van der Waals surface area contributed by atoms with E-state index in [0.717, 1.165) is 11.1 Å². The van der Waals surface area contributed by atoms with Gasteiger partial charge in [0.15, 0.2) is 0 Å². The van der Waals surface area contributed by atoms with Crippen LogP contribution in [0, 0.1) is 0 Å². The van der Waals surface area contributed by atoms with E-state index in [2.05, 4.69) is 69.6 Å². The first-order valence-corrected chi connectivity index (χ1v) is 10.4. The lowest BCUT2D eigenvalue weighted by Crippen LogP contribution is -1.94. The molecule has 4 heterocycles. The first-order chi connectivity index (χ1) is 12.7. The zero-order chi connectivity index (χ0) is 17.9. The summed E-state index contributed by atoms with van der Waals surface area (Å²) in [5.41, 5.74) is 4.60. The Morgan fingerprint density at radius 1 is 0.654 bits per heavy atom. The summed E-state index contributed by atoms with van der Waals surface area (Å²) < 4.78 is 4.42. The molecular weight excluding hydrogens is 360 g/mol. The van der Waals surface area contributed by atoms with Crippen molar-refractivity contribution in [2.45, 2.75) is 10.1 Å². The maximum absolute atomic E-state index is 4.21. The van der Waals surface area contributed by atoms with Crippen molar-refractivity contribution in [2.75, 3.05) is 0 Å². The van der Waals surface area contributed by atoms with Gasteiger partial charge in [0.1, 0.15) is 0 Å². The summed E-state index contributed by atoms with van der Waals surface area (Å²) in [5, 5.41) is 2.41. The van der Waals surface area contributed by atoms with Crippen molar-refractivity contribution in [3.63, 3.8) is 0 Å². The molecule has 26 heavy (non-hydrogen) atoms. The molecule has 4 aromatic rings. The van der Waals surface area contributed by atoms with E-state index in [1.807, 2.05) is 24.5 Å². The van der Waals surface area contributed by atoms with Gasteiger partial charge in [-0.2, -0.15) is 0 Å². The van der Waals surface area contributed by atoms with E-state index in [4.69, 9.17) is 0 Å². The maximum atomic E-state index is 4.21. The van der Waals surface area contributed by atoms with Gasteiger partial charge in [-0.25, -0.2) is 0 Å². The number of pyridine rings is 2. The van der Waals surface area contributed by atoms with Crippen molar-refractivity contribution in [3.05, 3.63) is 73.3 Å². The van der Waals surface area contributed by atoms with Crippen LogP contribution in [-0.2, 0) is 14.1 Å². The first-order valence-electron chi connectivity index (χ1n) is 8.21. The van der Waals surface area contributed by atoms with Crippen LogP contribution < -0.4 is 0 Å². The van der Waals surface area contributed by atoms with Gasteiger partial charge in [0.2, 0.25) is 0 Å². The van der Waals surface area contributed by atoms with Crippen LogP contribution in [0.25, 0.3) is 22.5 Å². The second kappa shape index (κ2) is 7.43. The monoisotopic (exact) mass is 378 g/mol. The predicted octanol–water partition coefficient (Wildman–Crippen LogP) is 5.29. The molecule has 0 saturated heterocycles. The molecule has 0 aliphatic rings.